The van der Waals surface area contributed by atoms with Crippen molar-refractivity contribution in [2.75, 3.05) is 18.6 Å². The number of nitrogens with zero attached hydrogens (tertiary/aromatic N) is 5. The van der Waals surface area contributed by atoms with Gasteiger partial charge in [0.15, 0.2) is 0 Å². The van der Waals surface area contributed by atoms with Crippen LogP contribution in [0.1, 0.15) is 16.8 Å². The lowest BCUT2D eigenvalue weighted by Gasteiger charge is -2.25. The number of methoxy groups -OCH3 is 1. The molecule has 0 fully saturated rings. The summed E-state index contributed by atoms with van der Waals surface area (Å²) >= 11 is 5.99. The molecule has 7 nitrogen and oxygen atoms in total. The van der Waals surface area contributed by atoms with Crippen LogP contribution in [0, 0.1) is 0 Å². The zero-order chi connectivity index (χ0) is 14.1. The van der Waals surface area contributed by atoms with Gasteiger partial charge in [-0.2, -0.15) is 0 Å². The Labute approximate surface area is 120 Å². The average molecular weight is 294 g/mol. The molecule has 0 saturated carbocycles. The molecule has 0 unspecified atom stereocenters. The maximum Gasteiger partial charge on any atom is 0.260 e. The van der Waals surface area contributed by atoms with E-state index in [1.807, 2.05) is 0 Å². The highest BCUT2D eigenvalue weighted by Crippen LogP contribution is 2.24. The maximum absolute atomic E-state index is 12.6. The summed E-state index contributed by atoms with van der Waals surface area (Å²) in [6.45, 7) is 1.29. The van der Waals surface area contributed by atoms with Crippen molar-refractivity contribution in [3.8, 4) is 5.75 Å². The number of aromatic nitrogens is 4. The number of hydrogen-bond acceptors (Lipinski definition) is 5. The molecular weight excluding hydrogens is 282 g/mol. The lowest BCUT2D eigenvalue weighted by molar-refractivity contribution is 0.0980. The number of anilines is 1. The SMILES string of the molecule is COc1cc(Cl)cc(C(=O)N2CCCn3nnnc32)c1. The molecule has 0 saturated heterocycles. The van der Waals surface area contributed by atoms with E-state index in [2.05, 4.69) is 15.5 Å². The number of carbonyl (C=O) groups excluding carboxylic acids is 1. The van der Waals surface area contributed by atoms with Crippen LogP contribution in [0.5, 0.6) is 5.75 Å². The minimum Gasteiger partial charge on any atom is -0.497 e. The molecule has 104 valence electrons. The Morgan fingerprint density at radius 2 is 2.20 bits per heavy atom. The Hall–Kier alpha value is -2.15. The van der Waals surface area contributed by atoms with Crippen LogP contribution < -0.4 is 9.64 Å². The van der Waals surface area contributed by atoms with Crippen molar-refractivity contribution >= 4 is 23.5 Å². The van der Waals surface area contributed by atoms with Gasteiger partial charge in [-0.3, -0.25) is 9.69 Å². The van der Waals surface area contributed by atoms with Crippen molar-refractivity contribution in [1.29, 1.82) is 0 Å². The summed E-state index contributed by atoms with van der Waals surface area (Å²) in [6, 6.07) is 4.91. The first-order chi connectivity index (χ1) is 9.69. The highest BCUT2D eigenvalue weighted by Gasteiger charge is 2.26. The number of benzene rings is 1. The minimum atomic E-state index is -0.193. The second kappa shape index (κ2) is 5.09. The Kier molecular flexibility index (Phi) is 3.27. The highest BCUT2D eigenvalue weighted by atomic mass is 35.5. The third kappa shape index (κ3) is 2.20. The van der Waals surface area contributed by atoms with E-state index < -0.39 is 0 Å². The average Bonchev–Trinajstić information content (AvgIpc) is 2.94. The second-order valence-electron chi connectivity index (χ2n) is 4.39. The van der Waals surface area contributed by atoms with E-state index in [9.17, 15) is 4.79 Å². The van der Waals surface area contributed by atoms with E-state index in [-0.39, 0.29) is 5.91 Å². The molecule has 0 spiro atoms. The fraction of sp³-hybridized carbons (Fsp3) is 0.333. The van der Waals surface area contributed by atoms with Gasteiger partial charge in [0.05, 0.1) is 7.11 Å². The van der Waals surface area contributed by atoms with Gasteiger partial charge in [-0.25, -0.2) is 4.68 Å². The van der Waals surface area contributed by atoms with Crippen LogP contribution >= 0.6 is 11.6 Å². The van der Waals surface area contributed by atoms with E-state index in [1.165, 1.54) is 7.11 Å². The molecule has 0 atom stereocenters. The highest BCUT2D eigenvalue weighted by molar-refractivity contribution is 6.31. The number of halogens is 1. The van der Waals surface area contributed by atoms with Crippen LogP contribution in [-0.2, 0) is 6.54 Å². The minimum absolute atomic E-state index is 0.193. The van der Waals surface area contributed by atoms with E-state index >= 15 is 0 Å². The Morgan fingerprint density at radius 1 is 1.35 bits per heavy atom. The quantitative estimate of drug-likeness (QED) is 0.836. The fourth-order valence-corrected chi connectivity index (χ4v) is 2.39. The second-order valence-corrected chi connectivity index (χ2v) is 4.83. The normalized spacial score (nSPS) is 14.0. The van der Waals surface area contributed by atoms with Gasteiger partial charge in [-0.05, 0) is 35.0 Å². The van der Waals surface area contributed by atoms with Crippen LogP contribution in [-0.4, -0.2) is 39.8 Å². The van der Waals surface area contributed by atoms with E-state index in [0.717, 1.165) is 6.42 Å². The van der Waals surface area contributed by atoms with Crippen LogP contribution in [0.25, 0.3) is 0 Å². The molecular formula is C12H12ClN5O2. The smallest absolute Gasteiger partial charge is 0.260 e. The fourth-order valence-electron chi connectivity index (χ4n) is 2.17. The number of amides is 1. The predicted octanol–water partition coefficient (Wildman–Crippen LogP) is 1.39. The zero-order valence-corrected chi connectivity index (χ0v) is 11.5. The van der Waals surface area contributed by atoms with Crippen LogP contribution in [0.15, 0.2) is 18.2 Å². The van der Waals surface area contributed by atoms with Crippen molar-refractivity contribution in [3.05, 3.63) is 28.8 Å². The molecule has 2 heterocycles. The number of carbonyl (C=O) groups is 1. The first-order valence-electron chi connectivity index (χ1n) is 6.11. The van der Waals surface area contributed by atoms with E-state index in [0.29, 0.717) is 35.4 Å². The summed E-state index contributed by atoms with van der Waals surface area (Å²) in [5.74, 6) is 0.805. The van der Waals surface area contributed by atoms with Crippen LogP contribution in [0.4, 0.5) is 5.95 Å². The molecule has 1 aliphatic heterocycles. The molecule has 1 amide bonds. The molecule has 3 rings (SSSR count). The van der Waals surface area contributed by atoms with E-state index in [1.54, 1.807) is 27.8 Å². The van der Waals surface area contributed by atoms with Gasteiger partial charge in [-0.1, -0.05) is 16.7 Å². The number of aryl methyl sites for hydroxylation is 1. The Bertz CT molecular complexity index is 657. The third-order valence-corrected chi connectivity index (χ3v) is 3.32. The number of ether oxygens (including phenoxy) is 1. The number of fused-ring (bicyclic) bond motifs is 1. The van der Waals surface area contributed by atoms with Crippen molar-refractivity contribution in [1.82, 2.24) is 20.2 Å². The Balaban J connectivity index is 1.96. The lowest BCUT2D eigenvalue weighted by Crippen LogP contribution is -2.38. The van der Waals surface area contributed by atoms with Crippen molar-refractivity contribution in [3.63, 3.8) is 0 Å². The molecule has 0 N–H and O–H groups in total. The summed E-state index contributed by atoms with van der Waals surface area (Å²) in [6.07, 6.45) is 0.807. The van der Waals surface area contributed by atoms with Gasteiger partial charge in [0, 0.05) is 23.7 Å². The zero-order valence-electron chi connectivity index (χ0n) is 10.8. The molecule has 20 heavy (non-hydrogen) atoms. The van der Waals surface area contributed by atoms with Crippen molar-refractivity contribution in [2.45, 2.75) is 13.0 Å². The molecule has 1 aliphatic rings. The van der Waals surface area contributed by atoms with Gasteiger partial charge in [0.1, 0.15) is 5.75 Å². The topological polar surface area (TPSA) is 73.1 Å². The van der Waals surface area contributed by atoms with Gasteiger partial charge in [0.25, 0.3) is 11.9 Å². The van der Waals surface area contributed by atoms with Crippen molar-refractivity contribution < 1.29 is 9.53 Å². The molecule has 0 radical (unpaired) electrons. The first kappa shape index (κ1) is 12.9. The number of hydrogen-bond donors (Lipinski definition) is 0. The third-order valence-electron chi connectivity index (χ3n) is 3.11. The molecule has 1 aromatic heterocycles. The number of rotatable bonds is 2. The van der Waals surface area contributed by atoms with Gasteiger partial charge in [0.2, 0.25) is 0 Å². The van der Waals surface area contributed by atoms with Crippen molar-refractivity contribution in [2.24, 2.45) is 0 Å². The first-order valence-corrected chi connectivity index (χ1v) is 6.49. The summed E-state index contributed by atoms with van der Waals surface area (Å²) in [5, 5.41) is 11.8. The summed E-state index contributed by atoms with van der Waals surface area (Å²) < 4.78 is 6.74. The van der Waals surface area contributed by atoms with Gasteiger partial charge in [-0.15, -0.1) is 0 Å². The van der Waals surface area contributed by atoms with Crippen LogP contribution in [0.3, 0.4) is 0 Å². The standard InChI is InChI=1S/C12H12ClN5O2/c1-20-10-6-8(5-9(13)7-10)11(19)17-3-2-4-18-12(17)14-15-16-18/h5-7H,2-4H2,1H3. The molecule has 2 aromatic rings. The molecule has 8 heteroatoms. The summed E-state index contributed by atoms with van der Waals surface area (Å²) in [7, 11) is 1.53. The molecule has 1 aromatic carbocycles. The monoisotopic (exact) mass is 293 g/mol. The largest absolute Gasteiger partial charge is 0.497 e. The van der Waals surface area contributed by atoms with Gasteiger partial charge >= 0.3 is 0 Å². The van der Waals surface area contributed by atoms with Gasteiger partial charge < -0.3 is 4.74 Å². The predicted molar refractivity (Wildman–Crippen MR) is 72.1 cm³/mol. The molecule has 0 aliphatic carbocycles. The summed E-state index contributed by atoms with van der Waals surface area (Å²) in [5.41, 5.74) is 0.450. The lowest BCUT2D eigenvalue weighted by atomic mass is 10.1. The van der Waals surface area contributed by atoms with E-state index in [4.69, 9.17) is 16.3 Å². The molecule has 0 bridgehead atoms. The Morgan fingerprint density at radius 3 is 3.00 bits per heavy atom. The van der Waals surface area contributed by atoms with Crippen LogP contribution in [0.2, 0.25) is 5.02 Å². The maximum atomic E-state index is 12.6. The summed E-state index contributed by atoms with van der Waals surface area (Å²) in [4.78, 5) is 14.1. The number of tetrazole rings is 1.